The fourth-order valence-corrected chi connectivity index (χ4v) is 4.12. The fraction of sp³-hybridized carbons (Fsp3) is 0.0417. The maximum atomic E-state index is 12.9. The van der Waals surface area contributed by atoms with Gasteiger partial charge in [0, 0.05) is 11.0 Å². The van der Waals surface area contributed by atoms with E-state index in [1.807, 2.05) is 31.2 Å². The highest BCUT2D eigenvalue weighted by molar-refractivity contribution is 7.99. The summed E-state index contributed by atoms with van der Waals surface area (Å²) in [5.41, 5.74) is 1.21. The Morgan fingerprint density at radius 1 is 0.970 bits per heavy atom. The molecule has 0 bridgehead atoms. The second-order valence-corrected chi connectivity index (χ2v) is 8.31. The van der Waals surface area contributed by atoms with Crippen molar-refractivity contribution < 1.29 is 19.3 Å². The van der Waals surface area contributed by atoms with Gasteiger partial charge in [0.05, 0.1) is 15.5 Å². The highest BCUT2D eigenvalue weighted by Gasteiger charge is 2.36. The zero-order valence-corrected chi connectivity index (χ0v) is 18.2. The topological polar surface area (TPSA) is 110 Å². The molecule has 0 aliphatic carbocycles. The number of barbiturate groups is 1. The number of rotatable bonds is 5. The monoisotopic (exact) mass is 459 g/mol. The zero-order valence-electron chi connectivity index (χ0n) is 17.3. The Bertz CT molecular complexity index is 1300. The molecule has 8 nitrogen and oxygen atoms in total. The molecule has 3 aromatic carbocycles. The number of anilines is 1. The van der Waals surface area contributed by atoms with Crippen LogP contribution in [0, 0.1) is 17.0 Å². The van der Waals surface area contributed by atoms with Crippen LogP contribution in [0.15, 0.2) is 88.2 Å². The van der Waals surface area contributed by atoms with Crippen molar-refractivity contribution in [3.8, 4) is 0 Å². The second kappa shape index (κ2) is 9.09. The van der Waals surface area contributed by atoms with Gasteiger partial charge in [-0.15, -0.1) is 0 Å². The van der Waals surface area contributed by atoms with E-state index in [2.05, 4.69) is 5.32 Å². The van der Waals surface area contributed by atoms with Gasteiger partial charge in [-0.05, 0) is 48.9 Å². The summed E-state index contributed by atoms with van der Waals surface area (Å²) >= 11 is 1.24. The van der Waals surface area contributed by atoms with Crippen LogP contribution in [0.25, 0.3) is 6.08 Å². The van der Waals surface area contributed by atoms with Crippen molar-refractivity contribution in [3.05, 3.63) is 99.6 Å². The van der Waals surface area contributed by atoms with Crippen molar-refractivity contribution in [3.63, 3.8) is 0 Å². The first kappa shape index (κ1) is 22.0. The number of carbonyl (C=O) groups excluding carboxylic acids is 3. The first-order chi connectivity index (χ1) is 15.8. The lowest BCUT2D eigenvalue weighted by atomic mass is 10.1. The van der Waals surface area contributed by atoms with Gasteiger partial charge in [-0.25, -0.2) is 9.69 Å². The molecule has 1 fully saturated rings. The molecule has 33 heavy (non-hydrogen) atoms. The third-order valence-electron chi connectivity index (χ3n) is 4.86. The van der Waals surface area contributed by atoms with Gasteiger partial charge in [-0.2, -0.15) is 0 Å². The molecule has 1 saturated heterocycles. The number of nitro benzene ring substituents is 1. The van der Waals surface area contributed by atoms with E-state index >= 15 is 0 Å². The van der Waals surface area contributed by atoms with Crippen LogP contribution >= 0.6 is 11.8 Å². The normalized spacial score (nSPS) is 15.0. The van der Waals surface area contributed by atoms with Gasteiger partial charge in [0.1, 0.15) is 5.57 Å². The maximum Gasteiger partial charge on any atom is 0.335 e. The molecule has 1 heterocycles. The third kappa shape index (κ3) is 4.68. The second-order valence-electron chi connectivity index (χ2n) is 7.19. The Labute approximate surface area is 193 Å². The third-order valence-corrected chi connectivity index (χ3v) is 5.93. The first-order valence-corrected chi connectivity index (χ1v) is 10.6. The number of aryl methyl sites for hydroxylation is 1. The van der Waals surface area contributed by atoms with Gasteiger partial charge in [0.15, 0.2) is 0 Å². The van der Waals surface area contributed by atoms with Gasteiger partial charge < -0.3 is 0 Å². The molecule has 4 rings (SSSR count). The van der Waals surface area contributed by atoms with Crippen LogP contribution < -0.4 is 10.2 Å². The van der Waals surface area contributed by atoms with E-state index in [0.717, 1.165) is 15.4 Å². The molecule has 3 aromatic rings. The minimum Gasteiger partial charge on any atom is -0.273 e. The average Bonchev–Trinajstić information content (AvgIpc) is 2.79. The number of imide groups is 2. The fourth-order valence-electron chi connectivity index (χ4n) is 3.22. The van der Waals surface area contributed by atoms with Crippen LogP contribution in [0.2, 0.25) is 0 Å². The van der Waals surface area contributed by atoms with E-state index in [0.29, 0.717) is 10.6 Å². The zero-order chi connectivity index (χ0) is 23.5. The lowest BCUT2D eigenvalue weighted by molar-refractivity contribution is -0.387. The maximum absolute atomic E-state index is 12.9. The van der Waals surface area contributed by atoms with Gasteiger partial charge in [-0.3, -0.25) is 25.0 Å². The van der Waals surface area contributed by atoms with Crippen LogP contribution in [-0.2, 0) is 9.59 Å². The molecule has 0 atom stereocenters. The Kier molecular flexibility index (Phi) is 6.05. The summed E-state index contributed by atoms with van der Waals surface area (Å²) in [6.07, 6.45) is 1.24. The van der Waals surface area contributed by atoms with Crippen molar-refractivity contribution in [2.24, 2.45) is 0 Å². The lowest BCUT2D eigenvalue weighted by Crippen LogP contribution is -2.54. The number of urea groups is 1. The van der Waals surface area contributed by atoms with E-state index in [-0.39, 0.29) is 16.8 Å². The molecular formula is C24H17N3O5S. The summed E-state index contributed by atoms with van der Waals surface area (Å²) in [6.45, 7) is 1.95. The number of amides is 4. The molecule has 0 spiro atoms. The first-order valence-electron chi connectivity index (χ1n) is 9.83. The van der Waals surface area contributed by atoms with Crippen LogP contribution in [0.1, 0.15) is 11.1 Å². The largest absolute Gasteiger partial charge is 0.335 e. The van der Waals surface area contributed by atoms with Crippen LogP contribution in [0.3, 0.4) is 0 Å². The van der Waals surface area contributed by atoms with E-state index in [9.17, 15) is 24.5 Å². The number of hydrogen-bond acceptors (Lipinski definition) is 6. The minimum atomic E-state index is -0.863. The molecule has 0 unspecified atom stereocenters. The van der Waals surface area contributed by atoms with E-state index in [1.54, 1.807) is 42.5 Å². The molecular weight excluding hydrogens is 442 g/mol. The van der Waals surface area contributed by atoms with E-state index in [1.165, 1.54) is 23.9 Å². The SMILES string of the molecule is Cc1ccc(Sc2ccc(C=C3C(=O)NC(=O)N(c4ccccc4)C3=O)cc2[N+](=O)[O-])cc1. The molecule has 9 heteroatoms. The summed E-state index contributed by atoms with van der Waals surface area (Å²) in [5, 5.41) is 13.8. The van der Waals surface area contributed by atoms with Crippen molar-refractivity contribution >= 4 is 47.1 Å². The molecule has 1 aliphatic rings. The summed E-state index contributed by atoms with van der Waals surface area (Å²) in [6, 6.07) is 19.3. The van der Waals surface area contributed by atoms with Gasteiger partial charge in [0.2, 0.25) is 0 Å². The number of nitro groups is 1. The Morgan fingerprint density at radius 3 is 2.33 bits per heavy atom. The lowest BCUT2D eigenvalue weighted by Gasteiger charge is -2.26. The highest BCUT2D eigenvalue weighted by atomic mass is 32.2. The summed E-state index contributed by atoms with van der Waals surface area (Å²) in [7, 11) is 0. The van der Waals surface area contributed by atoms with E-state index in [4.69, 9.17) is 0 Å². The van der Waals surface area contributed by atoms with Crippen molar-refractivity contribution in [1.29, 1.82) is 0 Å². The number of nitrogens with one attached hydrogen (secondary N) is 1. The summed E-state index contributed by atoms with van der Waals surface area (Å²) in [5.74, 6) is -1.67. The number of carbonyl (C=O) groups is 3. The summed E-state index contributed by atoms with van der Waals surface area (Å²) < 4.78 is 0. The van der Waals surface area contributed by atoms with Gasteiger partial charge >= 0.3 is 6.03 Å². The quantitative estimate of drug-likeness (QED) is 0.256. The van der Waals surface area contributed by atoms with Crippen LogP contribution in [0.5, 0.6) is 0 Å². The standard InChI is InChI=1S/C24H17N3O5S/c1-15-7-10-18(11-8-15)33-21-12-9-16(14-20(21)27(31)32)13-19-22(28)25-24(30)26(23(19)29)17-5-3-2-4-6-17/h2-14H,1H3,(H,25,28,30). The molecule has 4 amide bonds. The highest BCUT2D eigenvalue weighted by Crippen LogP contribution is 2.36. The van der Waals surface area contributed by atoms with Crippen molar-refractivity contribution in [2.75, 3.05) is 4.90 Å². The molecule has 1 aliphatic heterocycles. The number of para-hydroxylation sites is 1. The Morgan fingerprint density at radius 2 is 1.67 bits per heavy atom. The van der Waals surface area contributed by atoms with Gasteiger partial charge in [0.25, 0.3) is 17.5 Å². The van der Waals surface area contributed by atoms with Crippen LogP contribution in [0.4, 0.5) is 16.2 Å². The van der Waals surface area contributed by atoms with E-state index < -0.39 is 22.8 Å². The molecule has 1 N–H and O–H groups in total. The molecule has 0 aromatic heterocycles. The van der Waals surface area contributed by atoms with Gasteiger partial charge in [-0.1, -0.05) is 53.7 Å². The van der Waals surface area contributed by atoms with Crippen molar-refractivity contribution in [2.45, 2.75) is 16.7 Å². The predicted molar refractivity (Wildman–Crippen MR) is 124 cm³/mol. The van der Waals surface area contributed by atoms with Crippen LogP contribution in [-0.4, -0.2) is 22.8 Å². The Balaban J connectivity index is 1.68. The minimum absolute atomic E-state index is 0.158. The summed E-state index contributed by atoms with van der Waals surface area (Å²) in [4.78, 5) is 50.9. The number of hydrogen-bond donors (Lipinski definition) is 1. The Hall–Kier alpha value is -4.24. The van der Waals surface area contributed by atoms with Crippen molar-refractivity contribution in [1.82, 2.24) is 5.32 Å². The average molecular weight is 459 g/mol. The molecule has 0 radical (unpaired) electrons. The number of nitrogens with zero attached hydrogens (tertiary/aromatic N) is 2. The molecule has 164 valence electrons. The molecule has 0 saturated carbocycles. The predicted octanol–water partition coefficient (Wildman–Crippen LogP) is 4.72. The smallest absolute Gasteiger partial charge is 0.273 e. The number of benzene rings is 3.